The zero-order chi connectivity index (χ0) is 11.6. The van der Waals surface area contributed by atoms with Gasteiger partial charge in [0, 0.05) is 12.4 Å². The lowest BCUT2D eigenvalue weighted by Crippen LogP contribution is -2.05. The van der Waals surface area contributed by atoms with Crippen molar-refractivity contribution < 1.29 is 13.2 Å². The maximum atomic E-state index is 12.3. The topological polar surface area (TPSA) is 17.8 Å². The zero-order valence-electron chi connectivity index (χ0n) is 8.28. The van der Waals surface area contributed by atoms with E-state index < -0.39 is 11.7 Å². The van der Waals surface area contributed by atoms with E-state index in [0.717, 1.165) is 17.7 Å². The highest BCUT2D eigenvalue weighted by atomic mass is 19.4. The summed E-state index contributed by atoms with van der Waals surface area (Å²) in [5.41, 5.74) is 0.161. The number of aromatic nitrogens is 2. The number of halogens is 3. The van der Waals surface area contributed by atoms with Gasteiger partial charge in [0.15, 0.2) is 0 Å². The Morgan fingerprint density at radius 1 is 1.12 bits per heavy atom. The van der Waals surface area contributed by atoms with Crippen LogP contribution in [0.5, 0.6) is 0 Å². The molecule has 0 atom stereocenters. The van der Waals surface area contributed by atoms with Gasteiger partial charge in [-0.3, -0.25) is 4.68 Å². The minimum absolute atomic E-state index is 0.477. The van der Waals surface area contributed by atoms with E-state index in [0.29, 0.717) is 6.54 Å². The van der Waals surface area contributed by atoms with Crippen molar-refractivity contribution in [3.8, 4) is 0 Å². The predicted molar refractivity (Wildman–Crippen MR) is 52.8 cm³/mol. The van der Waals surface area contributed by atoms with Crippen molar-refractivity contribution in [2.45, 2.75) is 12.7 Å². The minimum Gasteiger partial charge on any atom is -0.268 e. The zero-order valence-corrected chi connectivity index (χ0v) is 8.28. The van der Waals surface area contributed by atoms with Gasteiger partial charge in [0.1, 0.15) is 0 Å². The molecule has 1 heterocycles. The highest BCUT2D eigenvalue weighted by Crippen LogP contribution is 2.29. The van der Waals surface area contributed by atoms with E-state index in [4.69, 9.17) is 0 Å². The number of alkyl halides is 3. The average Bonchev–Trinajstić information content (AvgIpc) is 2.70. The van der Waals surface area contributed by atoms with Crippen molar-refractivity contribution in [3.63, 3.8) is 0 Å². The summed E-state index contributed by atoms with van der Waals surface area (Å²) in [6, 6.07) is 6.86. The molecule has 2 rings (SSSR count). The van der Waals surface area contributed by atoms with Crippen LogP contribution < -0.4 is 0 Å². The van der Waals surface area contributed by atoms with Crippen molar-refractivity contribution >= 4 is 0 Å². The molecule has 0 spiro atoms. The van der Waals surface area contributed by atoms with Gasteiger partial charge < -0.3 is 0 Å². The van der Waals surface area contributed by atoms with Crippen LogP contribution in [-0.2, 0) is 12.7 Å². The molecular weight excluding hydrogens is 217 g/mol. The van der Waals surface area contributed by atoms with Crippen LogP contribution in [0.3, 0.4) is 0 Å². The van der Waals surface area contributed by atoms with E-state index in [-0.39, 0.29) is 0 Å². The first-order chi connectivity index (χ1) is 7.55. The van der Waals surface area contributed by atoms with E-state index in [1.54, 1.807) is 23.1 Å². The summed E-state index contributed by atoms with van der Waals surface area (Å²) < 4.78 is 38.5. The molecule has 0 saturated heterocycles. The van der Waals surface area contributed by atoms with Crippen LogP contribution in [-0.4, -0.2) is 9.78 Å². The quantitative estimate of drug-likeness (QED) is 0.769. The number of nitrogens with zero attached hydrogens (tertiary/aromatic N) is 2. The van der Waals surface area contributed by atoms with Crippen LogP contribution in [0.15, 0.2) is 42.7 Å². The number of rotatable bonds is 2. The van der Waals surface area contributed by atoms with Crippen molar-refractivity contribution in [1.82, 2.24) is 9.78 Å². The summed E-state index contributed by atoms with van der Waals surface area (Å²) in [6.07, 6.45) is -0.883. The monoisotopic (exact) mass is 226 g/mol. The van der Waals surface area contributed by atoms with Crippen LogP contribution in [0, 0.1) is 0 Å². The lowest BCUT2D eigenvalue weighted by molar-refractivity contribution is -0.137. The standard InChI is InChI=1S/C11H9F3N2/c12-11(13,14)10-4-2-9(3-5-10)8-16-7-1-6-15-16/h1-7H,8H2. The summed E-state index contributed by atoms with van der Waals surface area (Å²) in [5.74, 6) is 0. The predicted octanol–water partition coefficient (Wildman–Crippen LogP) is 2.95. The number of benzene rings is 1. The first-order valence-corrected chi connectivity index (χ1v) is 4.69. The van der Waals surface area contributed by atoms with Gasteiger partial charge in [0.25, 0.3) is 0 Å². The molecule has 0 amide bonds. The second-order valence-electron chi connectivity index (χ2n) is 3.40. The van der Waals surface area contributed by atoms with Crippen LogP contribution in [0.25, 0.3) is 0 Å². The number of hydrogen-bond acceptors (Lipinski definition) is 1. The maximum absolute atomic E-state index is 12.3. The van der Waals surface area contributed by atoms with Crippen molar-refractivity contribution in [1.29, 1.82) is 0 Å². The molecule has 0 aliphatic carbocycles. The molecule has 0 fully saturated rings. The molecule has 0 saturated carbocycles. The van der Waals surface area contributed by atoms with E-state index in [1.807, 2.05) is 0 Å². The lowest BCUT2D eigenvalue weighted by Gasteiger charge is -2.07. The molecule has 0 aliphatic heterocycles. The number of hydrogen-bond donors (Lipinski definition) is 0. The Morgan fingerprint density at radius 2 is 1.81 bits per heavy atom. The average molecular weight is 226 g/mol. The summed E-state index contributed by atoms with van der Waals surface area (Å²) >= 11 is 0. The fraction of sp³-hybridized carbons (Fsp3) is 0.182. The molecule has 5 heteroatoms. The molecular formula is C11H9F3N2. The SMILES string of the molecule is FC(F)(F)c1ccc(Cn2cccn2)cc1. The van der Waals surface area contributed by atoms with Gasteiger partial charge in [0.05, 0.1) is 12.1 Å². The Hall–Kier alpha value is -1.78. The lowest BCUT2D eigenvalue weighted by atomic mass is 10.1. The smallest absolute Gasteiger partial charge is 0.268 e. The normalized spacial score (nSPS) is 11.7. The third kappa shape index (κ3) is 2.42. The Morgan fingerprint density at radius 3 is 2.31 bits per heavy atom. The molecule has 16 heavy (non-hydrogen) atoms. The van der Waals surface area contributed by atoms with E-state index in [9.17, 15) is 13.2 Å². The molecule has 0 N–H and O–H groups in total. The van der Waals surface area contributed by atoms with Crippen LogP contribution >= 0.6 is 0 Å². The fourth-order valence-electron chi connectivity index (χ4n) is 1.38. The Bertz CT molecular complexity index is 443. The van der Waals surface area contributed by atoms with Gasteiger partial charge in [-0.05, 0) is 23.8 Å². The van der Waals surface area contributed by atoms with Gasteiger partial charge in [-0.1, -0.05) is 12.1 Å². The molecule has 0 unspecified atom stereocenters. The first-order valence-electron chi connectivity index (χ1n) is 4.69. The molecule has 1 aromatic carbocycles. The largest absolute Gasteiger partial charge is 0.416 e. The van der Waals surface area contributed by atoms with Crippen molar-refractivity contribution in [2.75, 3.05) is 0 Å². The maximum Gasteiger partial charge on any atom is 0.416 e. The molecule has 0 bridgehead atoms. The fourth-order valence-corrected chi connectivity index (χ4v) is 1.38. The molecule has 1 aromatic heterocycles. The van der Waals surface area contributed by atoms with Crippen LogP contribution in [0.1, 0.15) is 11.1 Å². The van der Waals surface area contributed by atoms with Crippen LogP contribution in [0.4, 0.5) is 13.2 Å². The third-order valence-corrected chi connectivity index (χ3v) is 2.19. The second-order valence-corrected chi connectivity index (χ2v) is 3.40. The summed E-state index contributed by atoms with van der Waals surface area (Å²) in [5, 5.41) is 3.98. The highest BCUT2D eigenvalue weighted by molar-refractivity contribution is 5.24. The highest BCUT2D eigenvalue weighted by Gasteiger charge is 2.29. The molecule has 0 aliphatic rings. The van der Waals surface area contributed by atoms with E-state index >= 15 is 0 Å². The van der Waals surface area contributed by atoms with Gasteiger partial charge >= 0.3 is 6.18 Å². The van der Waals surface area contributed by atoms with Crippen LogP contribution in [0.2, 0.25) is 0 Å². The van der Waals surface area contributed by atoms with Gasteiger partial charge in [0.2, 0.25) is 0 Å². The van der Waals surface area contributed by atoms with E-state index in [2.05, 4.69) is 5.10 Å². The third-order valence-electron chi connectivity index (χ3n) is 2.19. The van der Waals surface area contributed by atoms with Gasteiger partial charge in [-0.25, -0.2) is 0 Å². The first kappa shape index (κ1) is 10.7. The molecule has 2 nitrogen and oxygen atoms in total. The van der Waals surface area contributed by atoms with Crippen molar-refractivity contribution in [2.24, 2.45) is 0 Å². The molecule has 0 radical (unpaired) electrons. The van der Waals surface area contributed by atoms with Crippen molar-refractivity contribution in [3.05, 3.63) is 53.9 Å². The Balaban J connectivity index is 2.14. The summed E-state index contributed by atoms with van der Waals surface area (Å²) in [7, 11) is 0. The summed E-state index contributed by atoms with van der Waals surface area (Å²) in [4.78, 5) is 0. The summed E-state index contributed by atoms with van der Waals surface area (Å²) in [6.45, 7) is 0.477. The minimum atomic E-state index is -4.27. The second kappa shape index (κ2) is 4.00. The molecule has 2 aromatic rings. The van der Waals surface area contributed by atoms with Gasteiger partial charge in [-0.2, -0.15) is 18.3 Å². The Kier molecular flexibility index (Phi) is 2.68. The Labute approximate surface area is 90.3 Å². The molecule has 84 valence electrons. The van der Waals surface area contributed by atoms with Gasteiger partial charge in [-0.15, -0.1) is 0 Å². The van der Waals surface area contributed by atoms with E-state index in [1.165, 1.54) is 12.1 Å².